The molecule has 0 saturated heterocycles. The van der Waals surface area contributed by atoms with Crippen molar-refractivity contribution >= 4 is 17.6 Å². The standard InChI is InChI=1S/C11H13NO4/c1-6(11(15)16-2)7-3-4-9(12)8(5-7)10(13)14/h3-6H,12H2,1-2H3,(H,13,14). The molecule has 0 aliphatic rings. The molecule has 0 spiro atoms. The van der Waals surface area contributed by atoms with Crippen molar-refractivity contribution in [3.8, 4) is 0 Å². The highest BCUT2D eigenvalue weighted by molar-refractivity contribution is 5.94. The molecule has 0 aromatic heterocycles. The summed E-state index contributed by atoms with van der Waals surface area (Å²) in [5.74, 6) is -2.04. The predicted molar refractivity (Wildman–Crippen MR) is 58.2 cm³/mol. The zero-order valence-electron chi connectivity index (χ0n) is 9.06. The molecule has 0 aliphatic heterocycles. The van der Waals surface area contributed by atoms with E-state index >= 15 is 0 Å². The zero-order valence-corrected chi connectivity index (χ0v) is 9.06. The van der Waals surface area contributed by atoms with Gasteiger partial charge in [0.25, 0.3) is 0 Å². The Morgan fingerprint density at radius 3 is 2.56 bits per heavy atom. The minimum Gasteiger partial charge on any atom is -0.478 e. The van der Waals surface area contributed by atoms with Crippen LogP contribution in [-0.2, 0) is 9.53 Å². The topological polar surface area (TPSA) is 89.6 Å². The predicted octanol–water partition coefficient (Wildman–Crippen LogP) is 1.24. The van der Waals surface area contributed by atoms with Gasteiger partial charge in [0.1, 0.15) is 0 Å². The first-order valence-corrected chi connectivity index (χ1v) is 4.68. The summed E-state index contributed by atoms with van der Waals surface area (Å²) in [6, 6.07) is 4.47. The van der Waals surface area contributed by atoms with Gasteiger partial charge in [-0.15, -0.1) is 0 Å². The van der Waals surface area contributed by atoms with Crippen molar-refractivity contribution in [2.45, 2.75) is 12.8 Å². The van der Waals surface area contributed by atoms with E-state index in [1.807, 2.05) is 0 Å². The Hall–Kier alpha value is -2.04. The van der Waals surface area contributed by atoms with Crippen molar-refractivity contribution in [1.82, 2.24) is 0 Å². The van der Waals surface area contributed by atoms with Crippen molar-refractivity contribution in [1.29, 1.82) is 0 Å². The maximum absolute atomic E-state index is 11.3. The Labute approximate surface area is 92.8 Å². The molecular weight excluding hydrogens is 210 g/mol. The first kappa shape index (κ1) is 12.0. The van der Waals surface area contributed by atoms with Gasteiger partial charge in [0.2, 0.25) is 0 Å². The Morgan fingerprint density at radius 1 is 1.44 bits per heavy atom. The molecule has 1 rings (SSSR count). The van der Waals surface area contributed by atoms with Gasteiger partial charge in [-0.25, -0.2) is 4.79 Å². The third-order valence-electron chi connectivity index (χ3n) is 2.36. The van der Waals surface area contributed by atoms with Crippen LogP contribution in [0, 0.1) is 0 Å². The zero-order chi connectivity index (χ0) is 12.3. The molecule has 0 bridgehead atoms. The Morgan fingerprint density at radius 2 is 2.06 bits per heavy atom. The van der Waals surface area contributed by atoms with Crippen LogP contribution in [0.5, 0.6) is 0 Å². The van der Waals surface area contributed by atoms with Crippen molar-refractivity contribution in [3.05, 3.63) is 29.3 Å². The lowest BCUT2D eigenvalue weighted by molar-refractivity contribution is -0.142. The molecule has 0 fully saturated rings. The number of methoxy groups -OCH3 is 1. The summed E-state index contributed by atoms with van der Waals surface area (Å²) in [4.78, 5) is 22.1. The maximum Gasteiger partial charge on any atom is 0.337 e. The number of ether oxygens (including phenoxy) is 1. The number of hydrogen-bond acceptors (Lipinski definition) is 4. The second kappa shape index (κ2) is 4.65. The molecule has 0 amide bonds. The van der Waals surface area contributed by atoms with Gasteiger partial charge in [-0.1, -0.05) is 6.07 Å². The molecule has 86 valence electrons. The molecule has 0 heterocycles. The molecule has 1 unspecified atom stereocenters. The molecule has 0 saturated carbocycles. The third-order valence-corrected chi connectivity index (χ3v) is 2.36. The van der Waals surface area contributed by atoms with Gasteiger partial charge < -0.3 is 15.6 Å². The van der Waals surface area contributed by atoms with Gasteiger partial charge in [0, 0.05) is 5.69 Å². The number of esters is 1. The monoisotopic (exact) mass is 223 g/mol. The summed E-state index contributed by atoms with van der Waals surface area (Å²) in [5, 5.41) is 8.87. The van der Waals surface area contributed by atoms with Crippen molar-refractivity contribution in [3.63, 3.8) is 0 Å². The van der Waals surface area contributed by atoms with Crippen LogP contribution in [0.25, 0.3) is 0 Å². The first-order valence-electron chi connectivity index (χ1n) is 4.68. The Bertz CT molecular complexity index is 428. The van der Waals surface area contributed by atoms with Crippen molar-refractivity contribution < 1.29 is 19.4 Å². The number of benzene rings is 1. The number of anilines is 1. The van der Waals surface area contributed by atoms with Gasteiger partial charge in [-0.05, 0) is 24.6 Å². The second-order valence-corrected chi connectivity index (χ2v) is 3.40. The SMILES string of the molecule is COC(=O)C(C)c1ccc(N)c(C(=O)O)c1. The van der Waals surface area contributed by atoms with Crippen LogP contribution >= 0.6 is 0 Å². The fourth-order valence-corrected chi connectivity index (χ4v) is 1.34. The van der Waals surface area contributed by atoms with Gasteiger partial charge in [0.15, 0.2) is 0 Å². The highest BCUT2D eigenvalue weighted by atomic mass is 16.5. The average Bonchev–Trinajstić information content (AvgIpc) is 2.27. The van der Waals surface area contributed by atoms with Gasteiger partial charge in [0.05, 0.1) is 18.6 Å². The van der Waals surface area contributed by atoms with E-state index in [1.54, 1.807) is 13.0 Å². The lowest BCUT2D eigenvalue weighted by Crippen LogP contribution is -2.12. The summed E-state index contributed by atoms with van der Waals surface area (Å²) in [6.45, 7) is 1.64. The summed E-state index contributed by atoms with van der Waals surface area (Å²) >= 11 is 0. The summed E-state index contributed by atoms with van der Waals surface area (Å²) in [7, 11) is 1.29. The van der Waals surface area contributed by atoms with Gasteiger partial charge in [-0.3, -0.25) is 4.79 Å². The molecule has 1 atom stereocenters. The van der Waals surface area contributed by atoms with Crippen LogP contribution in [0.15, 0.2) is 18.2 Å². The van der Waals surface area contributed by atoms with Crippen LogP contribution in [0.3, 0.4) is 0 Å². The molecule has 5 nitrogen and oxygen atoms in total. The van der Waals surface area contributed by atoms with Crippen LogP contribution in [0.4, 0.5) is 5.69 Å². The smallest absolute Gasteiger partial charge is 0.337 e. The molecule has 5 heteroatoms. The number of carbonyl (C=O) groups excluding carboxylic acids is 1. The molecule has 3 N–H and O–H groups in total. The summed E-state index contributed by atoms with van der Waals surface area (Å²) in [5.41, 5.74) is 6.24. The lowest BCUT2D eigenvalue weighted by atomic mass is 9.98. The molecule has 0 radical (unpaired) electrons. The molecule has 1 aromatic carbocycles. The van der Waals surface area contributed by atoms with Crippen LogP contribution in [0.2, 0.25) is 0 Å². The molecule has 1 aromatic rings. The summed E-state index contributed by atoms with van der Waals surface area (Å²) in [6.07, 6.45) is 0. The number of carboxylic acid groups (broad SMARTS) is 1. The fraction of sp³-hybridized carbons (Fsp3) is 0.273. The third kappa shape index (κ3) is 2.31. The van der Waals surface area contributed by atoms with E-state index in [0.717, 1.165) is 0 Å². The summed E-state index contributed by atoms with van der Waals surface area (Å²) < 4.78 is 4.58. The molecule has 16 heavy (non-hydrogen) atoms. The minimum atomic E-state index is -1.11. The largest absolute Gasteiger partial charge is 0.478 e. The lowest BCUT2D eigenvalue weighted by Gasteiger charge is -2.11. The number of aromatic carboxylic acids is 1. The second-order valence-electron chi connectivity index (χ2n) is 3.40. The van der Waals surface area contributed by atoms with Crippen LogP contribution in [-0.4, -0.2) is 24.2 Å². The van der Waals surface area contributed by atoms with Crippen molar-refractivity contribution in [2.75, 3.05) is 12.8 Å². The fourth-order valence-electron chi connectivity index (χ4n) is 1.34. The van der Waals surface area contributed by atoms with E-state index in [0.29, 0.717) is 5.56 Å². The highest BCUT2D eigenvalue weighted by Gasteiger charge is 2.18. The number of rotatable bonds is 3. The highest BCUT2D eigenvalue weighted by Crippen LogP contribution is 2.21. The maximum atomic E-state index is 11.3. The van der Waals surface area contributed by atoms with Crippen molar-refractivity contribution in [2.24, 2.45) is 0 Å². The van der Waals surface area contributed by atoms with E-state index in [1.165, 1.54) is 19.2 Å². The van der Waals surface area contributed by atoms with Crippen LogP contribution in [0.1, 0.15) is 28.8 Å². The number of carbonyl (C=O) groups is 2. The molecule has 0 aliphatic carbocycles. The quantitative estimate of drug-likeness (QED) is 0.594. The van der Waals surface area contributed by atoms with Crippen LogP contribution < -0.4 is 5.73 Å². The first-order chi connectivity index (χ1) is 7.47. The van der Waals surface area contributed by atoms with E-state index in [9.17, 15) is 9.59 Å². The van der Waals surface area contributed by atoms with E-state index in [2.05, 4.69) is 4.74 Å². The number of nitrogen functional groups attached to an aromatic ring is 1. The number of nitrogens with two attached hydrogens (primary N) is 1. The van der Waals surface area contributed by atoms with E-state index < -0.39 is 17.9 Å². The molecular formula is C11H13NO4. The Balaban J connectivity index is 3.12. The Kier molecular flexibility index (Phi) is 3.50. The number of hydrogen-bond donors (Lipinski definition) is 2. The number of carboxylic acids is 1. The average molecular weight is 223 g/mol. The normalized spacial score (nSPS) is 11.9. The van der Waals surface area contributed by atoms with Gasteiger partial charge >= 0.3 is 11.9 Å². The van der Waals surface area contributed by atoms with Gasteiger partial charge in [-0.2, -0.15) is 0 Å². The van der Waals surface area contributed by atoms with E-state index in [4.69, 9.17) is 10.8 Å². The van der Waals surface area contributed by atoms with E-state index in [-0.39, 0.29) is 11.3 Å². The minimum absolute atomic E-state index is 0.00625.